The number of nitrogens with zero attached hydrogens (tertiary/aromatic N) is 1. The van der Waals surface area contributed by atoms with Crippen molar-refractivity contribution in [3.63, 3.8) is 0 Å². The minimum atomic E-state index is -0.524. The second-order valence-corrected chi connectivity index (χ2v) is 6.93. The Labute approximate surface area is 166 Å². The van der Waals surface area contributed by atoms with Crippen LogP contribution in [0.2, 0.25) is 0 Å². The quantitative estimate of drug-likeness (QED) is 0.681. The van der Waals surface area contributed by atoms with Gasteiger partial charge in [0.15, 0.2) is 0 Å². The van der Waals surface area contributed by atoms with Crippen LogP contribution in [0.4, 0.5) is 10.5 Å². The molecule has 2 rings (SSSR count). The van der Waals surface area contributed by atoms with E-state index in [0.29, 0.717) is 18.8 Å². The molecule has 2 N–H and O–H groups in total. The van der Waals surface area contributed by atoms with Crippen LogP contribution >= 0.6 is 0 Å². The number of amides is 3. The molecule has 1 atom stereocenters. The number of ether oxygens (including phenoxy) is 1. The maximum absolute atomic E-state index is 12.3. The number of carbonyl (C=O) groups excluding carboxylic acids is 2. The number of urea groups is 1. The van der Waals surface area contributed by atoms with Gasteiger partial charge in [0.2, 0.25) is 5.91 Å². The van der Waals surface area contributed by atoms with Crippen molar-refractivity contribution in [1.29, 1.82) is 0 Å². The highest BCUT2D eigenvalue weighted by atomic mass is 16.5. The second kappa shape index (κ2) is 10.5. The molecular formula is C22H29N3O3. The molecule has 0 radical (unpaired) electrons. The normalized spacial score (nSPS) is 11.8. The summed E-state index contributed by atoms with van der Waals surface area (Å²) in [5, 5.41) is 5.13. The molecule has 0 saturated heterocycles. The minimum Gasteiger partial charge on any atom is -0.494 e. The van der Waals surface area contributed by atoms with Crippen LogP contribution in [-0.2, 0) is 4.79 Å². The van der Waals surface area contributed by atoms with E-state index in [4.69, 9.17) is 4.74 Å². The maximum Gasteiger partial charge on any atom is 0.325 e. The van der Waals surface area contributed by atoms with Gasteiger partial charge in [0.05, 0.1) is 12.6 Å². The molecule has 0 aliphatic heterocycles. The van der Waals surface area contributed by atoms with E-state index in [1.54, 1.807) is 6.92 Å². The Kier molecular flexibility index (Phi) is 8.02. The van der Waals surface area contributed by atoms with Gasteiger partial charge in [-0.1, -0.05) is 35.9 Å². The van der Waals surface area contributed by atoms with Crippen molar-refractivity contribution >= 4 is 17.6 Å². The number of rotatable bonds is 8. The summed E-state index contributed by atoms with van der Waals surface area (Å²) in [6.45, 7) is 6.93. The number of imide groups is 1. The van der Waals surface area contributed by atoms with Crippen LogP contribution in [0.3, 0.4) is 0 Å². The van der Waals surface area contributed by atoms with Gasteiger partial charge in [0, 0.05) is 12.2 Å². The molecule has 2 aromatic carbocycles. The zero-order valence-corrected chi connectivity index (χ0v) is 17.0. The number of carbonyl (C=O) groups is 2. The fourth-order valence-corrected chi connectivity index (χ4v) is 2.74. The van der Waals surface area contributed by atoms with E-state index < -0.39 is 12.1 Å². The first-order valence-electron chi connectivity index (χ1n) is 9.44. The SMILES string of the molecule is Cc1ccc(NC(=O)NC(=O)C(C)N(C)CCCOc2ccccc2)c(C)c1. The van der Waals surface area contributed by atoms with Gasteiger partial charge in [-0.25, -0.2) is 4.79 Å². The van der Waals surface area contributed by atoms with Gasteiger partial charge in [-0.2, -0.15) is 0 Å². The van der Waals surface area contributed by atoms with Gasteiger partial charge < -0.3 is 10.1 Å². The van der Waals surface area contributed by atoms with Gasteiger partial charge >= 0.3 is 6.03 Å². The largest absolute Gasteiger partial charge is 0.494 e. The van der Waals surface area contributed by atoms with Crippen LogP contribution in [0.15, 0.2) is 48.5 Å². The average Bonchev–Trinajstić information content (AvgIpc) is 2.67. The first kappa shape index (κ1) is 21.4. The lowest BCUT2D eigenvalue weighted by Gasteiger charge is -2.23. The predicted octanol–water partition coefficient (Wildman–Crippen LogP) is 3.74. The fraction of sp³-hybridized carbons (Fsp3) is 0.364. The lowest BCUT2D eigenvalue weighted by Crippen LogP contribution is -2.47. The highest BCUT2D eigenvalue weighted by Crippen LogP contribution is 2.15. The summed E-state index contributed by atoms with van der Waals surface area (Å²) in [5.74, 6) is 0.493. The molecular weight excluding hydrogens is 354 g/mol. The molecule has 1 unspecified atom stereocenters. The van der Waals surface area contributed by atoms with Crippen molar-refractivity contribution in [1.82, 2.24) is 10.2 Å². The van der Waals surface area contributed by atoms with Crippen molar-refractivity contribution in [2.45, 2.75) is 33.2 Å². The predicted molar refractivity (Wildman–Crippen MR) is 112 cm³/mol. The standard InChI is InChI=1S/C22H29N3O3/c1-16-11-12-20(17(2)15-16)23-22(27)24-21(26)18(3)25(4)13-8-14-28-19-9-6-5-7-10-19/h5-7,9-12,15,18H,8,13-14H2,1-4H3,(H2,23,24,26,27). The molecule has 28 heavy (non-hydrogen) atoms. The van der Waals surface area contributed by atoms with Gasteiger partial charge in [-0.05, 0) is 58.0 Å². The van der Waals surface area contributed by atoms with Gasteiger partial charge in [0.1, 0.15) is 5.75 Å². The maximum atomic E-state index is 12.3. The monoisotopic (exact) mass is 383 g/mol. The van der Waals surface area contributed by atoms with E-state index in [1.165, 1.54) is 0 Å². The van der Waals surface area contributed by atoms with Crippen LogP contribution in [0.1, 0.15) is 24.5 Å². The van der Waals surface area contributed by atoms with Crippen molar-refractivity contribution in [3.05, 3.63) is 59.7 Å². The third-order valence-electron chi connectivity index (χ3n) is 4.57. The minimum absolute atomic E-state index is 0.339. The summed E-state index contributed by atoms with van der Waals surface area (Å²) < 4.78 is 5.66. The molecule has 0 fully saturated rings. The fourth-order valence-electron chi connectivity index (χ4n) is 2.74. The van der Waals surface area contributed by atoms with Crippen LogP contribution in [-0.4, -0.2) is 43.1 Å². The number of aryl methyl sites for hydroxylation is 2. The molecule has 6 heteroatoms. The summed E-state index contributed by atoms with van der Waals surface area (Å²) in [6, 6.07) is 14.4. The van der Waals surface area contributed by atoms with E-state index in [2.05, 4.69) is 10.6 Å². The molecule has 2 aromatic rings. The van der Waals surface area contributed by atoms with Gasteiger partial charge in [-0.3, -0.25) is 15.0 Å². The smallest absolute Gasteiger partial charge is 0.325 e. The van der Waals surface area contributed by atoms with E-state index in [-0.39, 0.29) is 5.91 Å². The average molecular weight is 383 g/mol. The molecule has 0 aliphatic carbocycles. The molecule has 150 valence electrons. The molecule has 0 aliphatic rings. The molecule has 0 bridgehead atoms. The lowest BCUT2D eigenvalue weighted by atomic mass is 10.1. The number of likely N-dealkylation sites (N-methyl/N-ethyl adjacent to an activating group) is 1. The molecule has 0 aromatic heterocycles. The number of benzene rings is 2. The Morgan fingerprint density at radius 2 is 1.82 bits per heavy atom. The number of nitrogens with one attached hydrogen (secondary N) is 2. The second-order valence-electron chi connectivity index (χ2n) is 6.93. The zero-order chi connectivity index (χ0) is 20.5. The summed E-state index contributed by atoms with van der Waals surface area (Å²) in [4.78, 5) is 26.4. The molecule has 0 spiro atoms. The Morgan fingerprint density at radius 1 is 1.11 bits per heavy atom. The van der Waals surface area contributed by atoms with E-state index >= 15 is 0 Å². The van der Waals surface area contributed by atoms with E-state index in [0.717, 1.165) is 23.3 Å². The van der Waals surface area contributed by atoms with Crippen LogP contribution in [0, 0.1) is 13.8 Å². The first-order chi connectivity index (χ1) is 13.4. The molecule has 0 heterocycles. The van der Waals surface area contributed by atoms with Crippen LogP contribution < -0.4 is 15.4 Å². The van der Waals surface area contributed by atoms with Crippen molar-refractivity contribution < 1.29 is 14.3 Å². The summed E-state index contributed by atoms with van der Waals surface area (Å²) >= 11 is 0. The Bertz CT molecular complexity index is 793. The Morgan fingerprint density at radius 3 is 2.50 bits per heavy atom. The summed E-state index contributed by atoms with van der Waals surface area (Å²) in [5.41, 5.74) is 2.76. The topological polar surface area (TPSA) is 70.7 Å². The van der Waals surface area contributed by atoms with Crippen LogP contribution in [0.25, 0.3) is 0 Å². The highest BCUT2D eigenvalue weighted by Gasteiger charge is 2.20. The van der Waals surface area contributed by atoms with Crippen molar-refractivity contribution in [2.24, 2.45) is 0 Å². The number of anilines is 1. The van der Waals surface area contributed by atoms with E-state index in [9.17, 15) is 9.59 Å². The molecule has 0 saturated carbocycles. The van der Waals surface area contributed by atoms with E-state index in [1.807, 2.05) is 74.3 Å². The molecule has 6 nitrogen and oxygen atoms in total. The molecule has 3 amide bonds. The summed E-state index contributed by atoms with van der Waals surface area (Å²) in [7, 11) is 1.86. The van der Waals surface area contributed by atoms with Gasteiger partial charge in [0.25, 0.3) is 0 Å². The Hall–Kier alpha value is -2.86. The third-order valence-corrected chi connectivity index (χ3v) is 4.57. The summed E-state index contributed by atoms with van der Waals surface area (Å²) in [6.07, 6.45) is 0.776. The van der Waals surface area contributed by atoms with Gasteiger partial charge in [-0.15, -0.1) is 0 Å². The number of hydrogen-bond acceptors (Lipinski definition) is 4. The van der Waals surface area contributed by atoms with Crippen molar-refractivity contribution in [3.8, 4) is 5.75 Å². The zero-order valence-electron chi connectivity index (χ0n) is 17.0. The number of para-hydroxylation sites is 1. The van der Waals surface area contributed by atoms with Crippen LogP contribution in [0.5, 0.6) is 5.75 Å². The Balaban J connectivity index is 1.73. The highest BCUT2D eigenvalue weighted by molar-refractivity contribution is 6.03. The third kappa shape index (κ3) is 6.70. The van der Waals surface area contributed by atoms with Crippen molar-refractivity contribution in [2.75, 3.05) is 25.5 Å². The number of hydrogen-bond donors (Lipinski definition) is 2. The lowest BCUT2D eigenvalue weighted by molar-refractivity contribution is -0.124. The first-order valence-corrected chi connectivity index (χ1v) is 9.44.